The Hall–Kier alpha value is -2.39. The monoisotopic (exact) mass is 344 g/mol. The second-order valence-electron chi connectivity index (χ2n) is 7.89. The lowest BCUT2D eigenvalue weighted by molar-refractivity contribution is 0.0293. The first kappa shape index (κ1) is 15.8. The molecule has 0 amide bonds. The number of rotatable bonds is 3. The molecule has 0 radical (unpaired) electrons. The molecule has 2 aliphatic rings. The van der Waals surface area contributed by atoms with Gasteiger partial charge in [0.1, 0.15) is 0 Å². The number of aliphatic hydroxyl groups is 1. The van der Waals surface area contributed by atoms with Crippen LogP contribution < -0.4 is 4.90 Å². The Morgan fingerprint density at radius 3 is 2.65 bits per heavy atom. The lowest BCUT2D eigenvalue weighted by atomic mass is 9.86. The molecule has 5 rings (SSSR count). The molecule has 0 bridgehead atoms. The molecule has 1 N–H and O–H groups in total. The highest BCUT2D eigenvalue weighted by Gasteiger charge is 2.52. The molecule has 2 fully saturated rings. The van der Waals surface area contributed by atoms with Crippen molar-refractivity contribution in [2.45, 2.75) is 37.3 Å². The first-order valence-corrected chi connectivity index (χ1v) is 9.60. The summed E-state index contributed by atoms with van der Waals surface area (Å²) in [6.07, 6.45) is 7.60. The smallest absolute Gasteiger partial charge is 0.0892 e. The first-order chi connectivity index (χ1) is 12.7. The molecule has 3 aromatic rings. The molecule has 26 heavy (non-hydrogen) atoms. The number of aromatic nitrogens is 1. The second-order valence-corrected chi connectivity index (χ2v) is 7.89. The van der Waals surface area contributed by atoms with Crippen molar-refractivity contribution in [3.8, 4) is 0 Å². The van der Waals surface area contributed by atoms with Crippen LogP contribution >= 0.6 is 0 Å². The van der Waals surface area contributed by atoms with Gasteiger partial charge in [-0.3, -0.25) is 4.98 Å². The van der Waals surface area contributed by atoms with Crippen LogP contribution in [0.2, 0.25) is 0 Å². The molecule has 2 aromatic carbocycles. The summed E-state index contributed by atoms with van der Waals surface area (Å²) < 4.78 is 0. The Morgan fingerprint density at radius 2 is 1.81 bits per heavy atom. The maximum atomic E-state index is 11.7. The fraction of sp³-hybridized carbons (Fsp3) is 0.348. The molecule has 1 aliphatic carbocycles. The van der Waals surface area contributed by atoms with Crippen molar-refractivity contribution in [2.24, 2.45) is 5.92 Å². The van der Waals surface area contributed by atoms with E-state index in [-0.39, 0.29) is 6.04 Å². The van der Waals surface area contributed by atoms with Crippen molar-refractivity contribution in [1.29, 1.82) is 0 Å². The van der Waals surface area contributed by atoms with E-state index in [0.29, 0.717) is 5.92 Å². The van der Waals surface area contributed by atoms with Crippen LogP contribution in [0, 0.1) is 5.92 Å². The summed E-state index contributed by atoms with van der Waals surface area (Å²) in [5.74, 6) is 0.591. The van der Waals surface area contributed by atoms with Gasteiger partial charge in [-0.25, -0.2) is 0 Å². The minimum Gasteiger partial charge on any atom is -0.387 e. The van der Waals surface area contributed by atoms with Gasteiger partial charge in [-0.2, -0.15) is 0 Å². The van der Waals surface area contributed by atoms with Crippen LogP contribution in [0.25, 0.3) is 10.8 Å². The lowest BCUT2D eigenvalue weighted by Gasteiger charge is -2.37. The molecule has 3 nitrogen and oxygen atoms in total. The topological polar surface area (TPSA) is 36.4 Å². The van der Waals surface area contributed by atoms with E-state index < -0.39 is 5.60 Å². The quantitative estimate of drug-likeness (QED) is 0.774. The summed E-state index contributed by atoms with van der Waals surface area (Å²) in [4.78, 5) is 6.56. The molecule has 3 atom stereocenters. The predicted molar refractivity (Wildman–Crippen MR) is 105 cm³/mol. The van der Waals surface area contributed by atoms with E-state index in [1.54, 1.807) is 0 Å². The molecule has 2 heterocycles. The van der Waals surface area contributed by atoms with E-state index in [4.69, 9.17) is 0 Å². The standard InChI is InChI=1S/C23H24N2O/c26-23(16-17-5-6-18-3-1-2-4-20(18)15-17)11-7-19-10-14-25(22(19)23)21-8-12-24-13-9-21/h1-6,8-9,12-13,15,19,22,26H,7,10-11,14,16H2/t19-,22+,23+/m1/s1. The average Bonchev–Trinajstić information content (AvgIpc) is 3.24. The van der Waals surface area contributed by atoms with Crippen molar-refractivity contribution in [1.82, 2.24) is 4.98 Å². The summed E-state index contributed by atoms with van der Waals surface area (Å²) in [6, 6.07) is 19.4. The fourth-order valence-corrected chi connectivity index (χ4v) is 5.19. The zero-order chi connectivity index (χ0) is 17.6. The molecule has 3 heteroatoms. The van der Waals surface area contributed by atoms with Gasteiger partial charge in [-0.1, -0.05) is 42.5 Å². The Morgan fingerprint density at radius 1 is 1.00 bits per heavy atom. The number of benzene rings is 2. The summed E-state index contributed by atoms with van der Waals surface area (Å²) in [5.41, 5.74) is 1.76. The van der Waals surface area contributed by atoms with Crippen LogP contribution in [-0.4, -0.2) is 28.3 Å². The molecule has 1 aromatic heterocycles. The molecule has 0 unspecified atom stereocenters. The normalized spacial score (nSPS) is 27.8. The Kier molecular flexibility index (Phi) is 3.71. The molecule has 1 aliphatic heterocycles. The maximum Gasteiger partial charge on any atom is 0.0892 e. The van der Waals surface area contributed by atoms with E-state index in [1.165, 1.54) is 28.4 Å². The third-order valence-electron chi connectivity index (χ3n) is 6.34. The summed E-state index contributed by atoms with van der Waals surface area (Å²) >= 11 is 0. The van der Waals surface area contributed by atoms with Crippen molar-refractivity contribution in [2.75, 3.05) is 11.4 Å². The van der Waals surface area contributed by atoms with E-state index >= 15 is 0 Å². The Labute approximate surface area is 154 Å². The third-order valence-corrected chi connectivity index (χ3v) is 6.34. The van der Waals surface area contributed by atoms with Crippen LogP contribution in [0.1, 0.15) is 24.8 Å². The number of hydrogen-bond donors (Lipinski definition) is 1. The number of anilines is 1. The van der Waals surface area contributed by atoms with Crippen molar-refractivity contribution in [3.05, 3.63) is 72.6 Å². The van der Waals surface area contributed by atoms with E-state index in [0.717, 1.165) is 25.8 Å². The average molecular weight is 344 g/mol. The van der Waals surface area contributed by atoms with Crippen molar-refractivity contribution < 1.29 is 5.11 Å². The maximum absolute atomic E-state index is 11.7. The van der Waals surface area contributed by atoms with Crippen LogP contribution in [0.5, 0.6) is 0 Å². The number of nitrogens with zero attached hydrogens (tertiary/aromatic N) is 2. The van der Waals surface area contributed by atoms with Crippen molar-refractivity contribution in [3.63, 3.8) is 0 Å². The molecular formula is C23H24N2O. The predicted octanol–water partition coefficient (Wildman–Crippen LogP) is 4.20. The second kappa shape index (κ2) is 6.10. The van der Waals surface area contributed by atoms with Gasteiger partial charge in [0.15, 0.2) is 0 Å². The first-order valence-electron chi connectivity index (χ1n) is 9.60. The highest BCUT2D eigenvalue weighted by Crippen LogP contribution is 2.47. The Balaban J connectivity index is 1.46. The molecule has 1 saturated heterocycles. The minimum absolute atomic E-state index is 0.205. The SMILES string of the molecule is O[C@]1(Cc2ccc3ccccc3c2)CC[C@@H]2CCN(c3ccncc3)[C@@H]21. The molecule has 0 spiro atoms. The molecule has 1 saturated carbocycles. The number of fused-ring (bicyclic) bond motifs is 2. The van der Waals surface area contributed by atoms with Gasteiger partial charge in [-0.05, 0) is 53.6 Å². The highest BCUT2D eigenvalue weighted by molar-refractivity contribution is 5.83. The number of hydrogen-bond acceptors (Lipinski definition) is 3. The lowest BCUT2D eigenvalue weighted by Crippen LogP contribution is -2.50. The van der Waals surface area contributed by atoms with Gasteiger partial charge in [0.25, 0.3) is 0 Å². The summed E-state index contributed by atoms with van der Waals surface area (Å²) in [6.45, 7) is 1.03. The van der Waals surface area contributed by atoms with Gasteiger partial charge in [0, 0.05) is 31.0 Å². The van der Waals surface area contributed by atoms with Gasteiger partial charge in [-0.15, -0.1) is 0 Å². The summed E-state index contributed by atoms with van der Waals surface area (Å²) in [7, 11) is 0. The van der Waals surface area contributed by atoms with Gasteiger partial charge in [0.2, 0.25) is 0 Å². The van der Waals surface area contributed by atoms with E-state index in [9.17, 15) is 5.11 Å². The number of pyridine rings is 1. The molecular weight excluding hydrogens is 320 g/mol. The van der Waals surface area contributed by atoms with Gasteiger partial charge in [0.05, 0.1) is 11.6 Å². The summed E-state index contributed by atoms with van der Waals surface area (Å²) in [5, 5.41) is 14.2. The van der Waals surface area contributed by atoms with E-state index in [2.05, 4.69) is 64.5 Å². The Bertz CT molecular complexity index is 926. The third kappa shape index (κ3) is 2.58. The fourth-order valence-electron chi connectivity index (χ4n) is 5.19. The zero-order valence-corrected chi connectivity index (χ0v) is 14.9. The molecule has 132 valence electrons. The largest absolute Gasteiger partial charge is 0.387 e. The van der Waals surface area contributed by atoms with E-state index in [1.807, 2.05) is 12.4 Å². The van der Waals surface area contributed by atoms with Crippen molar-refractivity contribution >= 4 is 16.5 Å². The van der Waals surface area contributed by atoms with Gasteiger partial charge < -0.3 is 10.0 Å². The zero-order valence-electron chi connectivity index (χ0n) is 14.9. The van der Waals surface area contributed by atoms with Crippen LogP contribution in [0.4, 0.5) is 5.69 Å². The van der Waals surface area contributed by atoms with Gasteiger partial charge >= 0.3 is 0 Å². The van der Waals surface area contributed by atoms with Crippen LogP contribution in [0.3, 0.4) is 0 Å². The minimum atomic E-state index is -0.660. The van der Waals surface area contributed by atoms with Crippen LogP contribution in [-0.2, 0) is 6.42 Å². The van der Waals surface area contributed by atoms with Crippen LogP contribution in [0.15, 0.2) is 67.0 Å². The highest BCUT2D eigenvalue weighted by atomic mass is 16.3.